The van der Waals surface area contributed by atoms with E-state index in [1.807, 2.05) is 6.07 Å². The lowest BCUT2D eigenvalue weighted by atomic mass is 10.3. The van der Waals surface area contributed by atoms with Crippen molar-refractivity contribution in [2.24, 2.45) is 5.14 Å². The van der Waals surface area contributed by atoms with Crippen LogP contribution in [0, 0.1) is 0 Å². The Hall–Kier alpha value is -0.920. The topological polar surface area (TPSA) is 98.2 Å². The van der Waals surface area contributed by atoms with E-state index < -0.39 is 10.2 Å². The predicted molar refractivity (Wildman–Crippen MR) is 68.6 cm³/mol. The van der Waals surface area contributed by atoms with E-state index in [2.05, 4.69) is 11.6 Å². The largest absolute Gasteiger partial charge is 0.397 e. The van der Waals surface area contributed by atoms with Gasteiger partial charge in [-0.15, -0.1) is 11.8 Å². The molecule has 0 atom stereocenters. The fraction of sp³-hybridized carbons (Fsp3) is 0.333. The third kappa shape index (κ3) is 4.30. The van der Waals surface area contributed by atoms with Crippen molar-refractivity contribution in [3.63, 3.8) is 0 Å². The third-order valence-electron chi connectivity index (χ3n) is 1.75. The van der Waals surface area contributed by atoms with E-state index in [0.717, 1.165) is 17.1 Å². The second-order valence-corrected chi connectivity index (χ2v) is 5.71. The van der Waals surface area contributed by atoms with E-state index in [1.165, 1.54) is 0 Å². The van der Waals surface area contributed by atoms with Crippen molar-refractivity contribution < 1.29 is 8.42 Å². The van der Waals surface area contributed by atoms with Gasteiger partial charge in [0.2, 0.25) is 0 Å². The smallest absolute Gasteiger partial charge is 0.296 e. The molecule has 1 aromatic rings. The zero-order chi connectivity index (χ0) is 12.2. The summed E-state index contributed by atoms with van der Waals surface area (Å²) in [5.74, 6) is 0.971. The van der Waals surface area contributed by atoms with Gasteiger partial charge in [0.25, 0.3) is 10.2 Å². The number of benzene rings is 1. The Morgan fingerprint density at radius 1 is 1.44 bits per heavy atom. The highest BCUT2D eigenvalue weighted by Crippen LogP contribution is 2.27. The number of rotatable bonds is 5. The Morgan fingerprint density at radius 2 is 2.12 bits per heavy atom. The molecule has 0 bridgehead atoms. The summed E-state index contributed by atoms with van der Waals surface area (Å²) in [4.78, 5) is 0.960. The SMILES string of the molecule is CCCSc1ccc(N)c(NS(N)(=O)=O)c1. The van der Waals surface area contributed by atoms with Crippen LogP contribution in [0.2, 0.25) is 0 Å². The van der Waals surface area contributed by atoms with E-state index >= 15 is 0 Å². The molecule has 5 N–H and O–H groups in total. The van der Waals surface area contributed by atoms with Crippen LogP contribution in [0.15, 0.2) is 23.1 Å². The lowest BCUT2D eigenvalue weighted by molar-refractivity contribution is 0.603. The molecule has 7 heteroatoms. The van der Waals surface area contributed by atoms with Crippen LogP contribution in [0.4, 0.5) is 11.4 Å². The lowest BCUT2D eigenvalue weighted by Crippen LogP contribution is -2.22. The van der Waals surface area contributed by atoms with Crippen molar-refractivity contribution >= 4 is 33.3 Å². The van der Waals surface area contributed by atoms with Crippen molar-refractivity contribution in [2.75, 3.05) is 16.2 Å². The van der Waals surface area contributed by atoms with Gasteiger partial charge in [-0.3, -0.25) is 4.72 Å². The molecule has 16 heavy (non-hydrogen) atoms. The number of thioether (sulfide) groups is 1. The molecular formula is C9H15N3O2S2. The molecule has 0 amide bonds. The summed E-state index contributed by atoms with van der Waals surface area (Å²) < 4.78 is 23.9. The van der Waals surface area contributed by atoms with Crippen LogP contribution in [-0.4, -0.2) is 14.2 Å². The summed E-state index contributed by atoms with van der Waals surface area (Å²) in [5, 5.41) is 4.89. The van der Waals surface area contributed by atoms with Gasteiger partial charge in [-0.05, 0) is 30.4 Å². The van der Waals surface area contributed by atoms with Gasteiger partial charge in [0, 0.05) is 4.90 Å². The monoisotopic (exact) mass is 261 g/mol. The molecule has 1 aromatic carbocycles. The van der Waals surface area contributed by atoms with Crippen molar-refractivity contribution in [3.8, 4) is 0 Å². The normalized spacial score (nSPS) is 11.4. The van der Waals surface area contributed by atoms with Crippen LogP contribution in [0.25, 0.3) is 0 Å². The van der Waals surface area contributed by atoms with E-state index in [4.69, 9.17) is 10.9 Å². The lowest BCUT2D eigenvalue weighted by Gasteiger charge is -2.09. The highest BCUT2D eigenvalue weighted by Gasteiger charge is 2.06. The van der Waals surface area contributed by atoms with E-state index in [1.54, 1.807) is 23.9 Å². The molecule has 1 rings (SSSR count). The van der Waals surface area contributed by atoms with Crippen molar-refractivity contribution in [2.45, 2.75) is 18.2 Å². The number of hydrogen-bond acceptors (Lipinski definition) is 4. The molecule has 0 saturated heterocycles. The second kappa shape index (κ2) is 5.42. The maximum absolute atomic E-state index is 10.9. The first kappa shape index (κ1) is 13.1. The van der Waals surface area contributed by atoms with Gasteiger partial charge in [0.05, 0.1) is 11.4 Å². The molecule has 5 nitrogen and oxygen atoms in total. The standard InChI is InChI=1S/C9H15N3O2S2/c1-2-5-15-7-3-4-8(10)9(6-7)12-16(11,13)14/h3-4,6,12H,2,5,10H2,1H3,(H2,11,13,14). The summed E-state index contributed by atoms with van der Waals surface area (Å²) in [6.07, 6.45) is 1.05. The summed E-state index contributed by atoms with van der Waals surface area (Å²) >= 11 is 1.64. The molecule has 0 saturated carbocycles. The molecule has 0 aliphatic carbocycles. The van der Waals surface area contributed by atoms with Gasteiger partial charge in [0.15, 0.2) is 0 Å². The number of hydrogen-bond donors (Lipinski definition) is 3. The molecule has 0 spiro atoms. The minimum atomic E-state index is -3.78. The van der Waals surface area contributed by atoms with Gasteiger partial charge in [-0.1, -0.05) is 6.92 Å². The average Bonchev–Trinajstić information content (AvgIpc) is 2.17. The van der Waals surface area contributed by atoms with E-state index in [0.29, 0.717) is 11.4 Å². The van der Waals surface area contributed by atoms with Crippen LogP contribution in [0.1, 0.15) is 13.3 Å². The maximum Gasteiger partial charge on any atom is 0.296 e. The molecule has 0 aliphatic heterocycles. The molecule has 0 radical (unpaired) electrons. The zero-order valence-corrected chi connectivity index (χ0v) is 10.6. The molecule has 0 unspecified atom stereocenters. The molecule has 0 aromatic heterocycles. The first-order valence-electron chi connectivity index (χ1n) is 4.75. The number of anilines is 2. The van der Waals surface area contributed by atoms with Gasteiger partial charge in [-0.25, -0.2) is 5.14 Å². The number of nitrogens with two attached hydrogens (primary N) is 2. The van der Waals surface area contributed by atoms with Gasteiger partial charge >= 0.3 is 0 Å². The van der Waals surface area contributed by atoms with Crippen LogP contribution in [0.5, 0.6) is 0 Å². The summed E-state index contributed by atoms with van der Waals surface area (Å²) in [6, 6.07) is 5.19. The Morgan fingerprint density at radius 3 is 2.69 bits per heavy atom. The first-order chi connectivity index (χ1) is 7.42. The van der Waals surface area contributed by atoms with Crippen molar-refractivity contribution in [1.29, 1.82) is 0 Å². The number of nitrogens with one attached hydrogen (secondary N) is 1. The Balaban J connectivity index is 2.90. The second-order valence-electron chi connectivity index (χ2n) is 3.24. The predicted octanol–water partition coefficient (Wildman–Crippen LogP) is 1.39. The highest BCUT2D eigenvalue weighted by atomic mass is 32.2. The zero-order valence-electron chi connectivity index (χ0n) is 8.93. The van der Waals surface area contributed by atoms with Crippen LogP contribution in [-0.2, 0) is 10.2 Å². The quantitative estimate of drug-likeness (QED) is 0.551. The molecule has 0 fully saturated rings. The van der Waals surface area contributed by atoms with E-state index in [-0.39, 0.29) is 0 Å². The maximum atomic E-state index is 10.9. The van der Waals surface area contributed by atoms with Crippen LogP contribution < -0.4 is 15.6 Å². The Labute approximate surface area is 99.8 Å². The van der Waals surface area contributed by atoms with Crippen molar-refractivity contribution in [3.05, 3.63) is 18.2 Å². The minimum absolute atomic E-state index is 0.323. The minimum Gasteiger partial charge on any atom is -0.397 e. The fourth-order valence-corrected chi connectivity index (χ4v) is 2.38. The Kier molecular flexibility index (Phi) is 4.45. The van der Waals surface area contributed by atoms with Gasteiger partial charge in [0.1, 0.15) is 0 Å². The van der Waals surface area contributed by atoms with Gasteiger partial charge < -0.3 is 5.73 Å². The highest BCUT2D eigenvalue weighted by molar-refractivity contribution is 7.99. The number of nitrogen functional groups attached to an aromatic ring is 1. The molecule has 0 aliphatic rings. The third-order valence-corrected chi connectivity index (χ3v) is 3.45. The summed E-state index contributed by atoms with van der Waals surface area (Å²) in [5.41, 5.74) is 6.31. The van der Waals surface area contributed by atoms with E-state index in [9.17, 15) is 8.42 Å². The van der Waals surface area contributed by atoms with Gasteiger partial charge in [-0.2, -0.15) is 8.42 Å². The molecule has 0 heterocycles. The average molecular weight is 261 g/mol. The molecule has 90 valence electrons. The van der Waals surface area contributed by atoms with Crippen LogP contribution >= 0.6 is 11.8 Å². The summed E-state index contributed by atoms with van der Waals surface area (Å²) in [7, 11) is -3.78. The first-order valence-corrected chi connectivity index (χ1v) is 7.28. The molecular weight excluding hydrogens is 246 g/mol. The Bertz CT molecular complexity index is 460. The summed E-state index contributed by atoms with van der Waals surface area (Å²) in [6.45, 7) is 2.08. The van der Waals surface area contributed by atoms with Crippen molar-refractivity contribution in [1.82, 2.24) is 0 Å². The van der Waals surface area contributed by atoms with Crippen LogP contribution in [0.3, 0.4) is 0 Å². The fourth-order valence-electron chi connectivity index (χ4n) is 1.09.